The first kappa shape index (κ1) is 17.9. The molecule has 0 saturated carbocycles. The van der Waals surface area contributed by atoms with Crippen molar-refractivity contribution < 1.29 is 19.0 Å². The fraction of sp³-hybridized carbons (Fsp3) is 0.625. The first-order valence-electron chi connectivity index (χ1n) is 7.24. The number of ether oxygens (including phenoxy) is 2. The summed E-state index contributed by atoms with van der Waals surface area (Å²) in [5.74, 6) is -0.0506. The standard InChI is InChI=1S/C16H26FNO3/c1-12(2)18(10-11-20-3)9-8-14(19)16-13(17)6-5-7-15(16)21-4/h5-7,12,14,19H,8-11H2,1-4H3. The Bertz CT molecular complexity index is 426. The minimum absolute atomic E-state index is 0.232. The molecule has 0 spiro atoms. The second-order valence-electron chi connectivity index (χ2n) is 5.28. The van der Waals surface area contributed by atoms with Crippen LogP contribution in [0.2, 0.25) is 0 Å². The van der Waals surface area contributed by atoms with Gasteiger partial charge in [0, 0.05) is 26.2 Å². The maximum atomic E-state index is 13.9. The quantitative estimate of drug-likeness (QED) is 0.761. The summed E-state index contributed by atoms with van der Waals surface area (Å²) in [6.45, 7) is 6.27. The Balaban J connectivity index is 2.70. The Morgan fingerprint density at radius 2 is 1.95 bits per heavy atom. The van der Waals surface area contributed by atoms with Crippen LogP contribution in [0.15, 0.2) is 18.2 Å². The molecule has 0 aromatic heterocycles. The zero-order valence-electron chi connectivity index (χ0n) is 13.3. The van der Waals surface area contributed by atoms with Crippen molar-refractivity contribution in [1.82, 2.24) is 4.90 Å². The number of aliphatic hydroxyl groups excluding tert-OH is 1. The van der Waals surface area contributed by atoms with Crippen LogP contribution in [0.4, 0.5) is 4.39 Å². The second-order valence-corrected chi connectivity index (χ2v) is 5.28. The van der Waals surface area contributed by atoms with Crippen molar-refractivity contribution >= 4 is 0 Å². The summed E-state index contributed by atoms with van der Waals surface area (Å²) in [5.41, 5.74) is 0.232. The molecule has 0 fully saturated rings. The molecule has 0 heterocycles. The van der Waals surface area contributed by atoms with Gasteiger partial charge in [-0.05, 0) is 32.4 Å². The predicted octanol–water partition coefficient (Wildman–Crippen LogP) is 2.61. The van der Waals surface area contributed by atoms with Crippen molar-refractivity contribution in [1.29, 1.82) is 0 Å². The monoisotopic (exact) mass is 299 g/mol. The van der Waals surface area contributed by atoms with E-state index in [1.54, 1.807) is 19.2 Å². The molecule has 0 amide bonds. The van der Waals surface area contributed by atoms with Crippen LogP contribution in [0, 0.1) is 5.82 Å². The van der Waals surface area contributed by atoms with Gasteiger partial charge in [0.2, 0.25) is 0 Å². The highest BCUT2D eigenvalue weighted by Gasteiger charge is 2.19. The van der Waals surface area contributed by atoms with Crippen LogP contribution < -0.4 is 4.74 Å². The van der Waals surface area contributed by atoms with Gasteiger partial charge >= 0.3 is 0 Å². The number of nitrogens with zero attached hydrogens (tertiary/aromatic N) is 1. The lowest BCUT2D eigenvalue weighted by molar-refractivity contribution is 0.0994. The van der Waals surface area contributed by atoms with Crippen LogP contribution >= 0.6 is 0 Å². The van der Waals surface area contributed by atoms with Crippen LogP contribution in [0.5, 0.6) is 5.75 Å². The topological polar surface area (TPSA) is 41.9 Å². The zero-order chi connectivity index (χ0) is 15.8. The maximum Gasteiger partial charge on any atom is 0.132 e. The molecule has 1 aromatic rings. The van der Waals surface area contributed by atoms with Crippen LogP contribution in [0.3, 0.4) is 0 Å². The third kappa shape index (κ3) is 5.26. The fourth-order valence-corrected chi connectivity index (χ4v) is 2.29. The number of halogens is 1. The normalized spacial score (nSPS) is 13.0. The maximum absolute atomic E-state index is 13.9. The lowest BCUT2D eigenvalue weighted by Crippen LogP contribution is -2.35. The lowest BCUT2D eigenvalue weighted by atomic mass is 10.0. The number of hydrogen-bond donors (Lipinski definition) is 1. The molecule has 5 heteroatoms. The van der Waals surface area contributed by atoms with Gasteiger partial charge in [0.1, 0.15) is 11.6 Å². The smallest absolute Gasteiger partial charge is 0.132 e. The van der Waals surface area contributed by atoms with E-state index in [4.69, 9.17) is 9.47 Å². The average molecular weight is 299 g/mol. The SMILES string of the molecule is COCCN(CCC(O)c1c(F)cccc1OC)C(C)C. The van der Waals surface area contributed by atoms with E-state index in [9.17, 15) is 9.50 Å². The average Bonchev–Trinajstić information content (AvgIpc) is 2.46. The molecule has 1 aromatic carbocycles. The Morgan fingerprint density at radius 1 is 1.24 bits per heavy atom. The van der Waals surface area contributed by atoms with E-state index in [0.29, 0.717) is 31.4 Å². The highest BCUT2D eigenvalue weighted by molar-refractivity contribution is 5.36. The molecule has 120 valence electrons. The third-order valence-electron chi connectivity index (χ3n) is 3.57. The van der Waals surface area contributed by atoms with Gasteiger partial charge in [-0.15, -0.1) is 0 Å². The van der Waals surface area contributed by atoms with Gasteiger partial charge in [-0.25, -0.2) is 4.39 Å². The Morgan fingerprint density at radius 3 is 2.52 bits per heavy atom. The molecule has 0 radical (unpaired) electrons. The molecule has 0 aliphatic heterocycles. The van der Waals surface area contributed by atoms with E-state index in [0.717, 1.165) is 6.54 Å². The van der Waals surface area contributed by atoms with Gasteiger partial charge in [-0.3, -0.25) is 4.90 Å². The molecule has 0 aliphatic carbocycles. The third-order valence-corrected chi connectivity index (χ3v) is 3.57. The first-order chi connectivity index (χ1) is 10.0. The summed E-state index contributed by atoms with van der Waals surface area (Å²) in [5, 5.41) is 10.3. The number of hydrogen-bond acceptors (Lipinski definition) is 4. The lowest BCUT2D eigenvalue weighted by Gasteiger charge is -2.27. The van der Waals surface area contributed by atoms with Gasteiger partial charge in [0.05, 0.1) is 25.4 Å². The molecule has 1 unspecified atom stereocenters. The largest absolute Gasteiger partial charge is 0.496 e. The Hall–Kier alpha value is -1.17. The van der Waals surface area contributed by atoms with Gasteiger partial charge < -0.3 is 14.6 Å². The summed E-state index contributed by atoms with van der Waals surface area (Å²) in [6, 6.07) is 4.91. The van der Waals surface area contributed by atoms with Crippen LogP contribution in [0.25, 0.3) is 0 Å². The fourth-order valence-electron chi connectivity index (χ4n) is 2.29. The second kappa shape index (κ2) is 8.97. The minimum Gasteiger partial charge on any atom is -0.496 e. The number of methoxy groups -OCH3 is 2. The van der Waals surface area contributed by atoms with Gasteiger partial charge in [0.25, 0.3) is 0 Å². The van der Waals surface area contributed by atoms with E-state index < -0.39 is 11.9 Å². The van der Waals surface area contributed by atoms with Crippen molar-refractivity contribution in [2.75, 3.05) is 33.9 Å². The predicted molar refractivity (Wildman–Crippen MR) is 81.1 cm³/mol. The van der Waals surface area contributed by atoms with E-state index >= 15 is 0 Å². The highest BCUT2D eigenvalue weighted by Crippen LogP contribution is 2.29. The molecule has 0 aliphatic rings. The van der Waals surface area contributed by atoms with Crippen molar-refractivity contribution in [3.05, 3.63) is 29.6 Å². The van der Waals surface area contributed by atoms with Crippen molar-refractivity contribution in [2.45, 2.75) is 32.4 Å². The number of rotatable bonds is 9. The molecule has 0 saturated heterocycles. The molecule has 1 N–H and O–H groups in total. The van der Waals surface area contributed by atoms with Gasteiger partial charge in [-0.2, -0.15) is 0 Å². The molecule has 0 bridgehead atoms. The highest BCUT2D eigenvalue weighted by atomic mass is 19.1. The van der Waals surface area contributed by atoms with Crippen molar-refractivity contribution in [3.63, 3.8) is 0 Å². The molecule has 1 rings (SSSR count). The zero-order valence-corrected chi connectivity index (χ0v) is 13.3. The van der Waals surface area contributed by atoms with Crippen LogP contribution in [-0.2, 0) is 4.74 Å². The summed E-state index contributed by atoms with van der Waals surface area (Å²) >= 11 is 0. The molecule has 21 heavy (non-hydrogen) atoms. The van der Waals surface area contributed by atoms with Crippen molar-refractivity contribution in [3.8, 4) is 5.75 Å². The summed E-state index contributed by atoms with van der Waals surface area (Å²) in [4.78, 5) is 2.19. The summed E-state index contributed by atoms with van der Waals surface area (Å²) in [6.07, 6.45) is -0.441. The summed E-state index contributed by atoms with van der Waals surface area (Å²) < 4.78 is 24.1. The molecule has 1 atom stereocenters. The van der Waals surface area contributed by atoms with E-state index in [1.165, 1.54) is 13.2 Å². The minimum atomic E-state index is -0.884. The molecule has 4 nitrogen and oxygen atoms in total. The molecular weight excluding hydrogens is 273 g/mol. The summed E-state index contributed by atoms with van der Waals surface area (Å²) in [7, 11) is 3.14. The van der Waals surface area contributed by atoms with E-state index in [-0.39, 0.29) is 5.56 Å². The first-order valence-corrected chi connectivity index (χ1v) is 7.24. The Kier molecular flexibility index (Phi) is 7.64. The van der Waals surface area contributed by atoms with Crippen LogP contribution in [0.1, 0.15) is 31.9 Å². The van der Waals surface area contributed by atoms with Crippen molar-refractivity contribution in [2.24, 2.45) is 0 Å². The Labute approximate surface area is 126 Å². The number of benzene rings is 1. The van der Waals surface area contributed by atoms with E-state index in [1.807, 2.05) is 0 Å². The number of aliphatic hydroxyl groups is 1. The van der Waals surface area contributed by atoms with Gasteiger partial charge in [0.15, 0.2) is 0 Å². The van der Waals surface area contributed by atoms with Crippen LogP contribution in [-0.4, -0.2) is 50.0 Å². The molecular formula is C16H26FNO3. The van der Waals surface area contributed by atoms with Gasteiger partial charge in [-0.1, -0.05) is 6.07 Å². The van der Waals surface area contributed by atoms with E-state index in [2.05, 4.69) is 18.7 Å².